The second kappa shape index (κ2) is 7.87. The summed E-state index contributed by atoms with van der Waals surface area (Å²) in [5.74, 6) is 0. The van der Waals surface area contributed by atoms with E-state index < -0.39 is 0 Å². The predicted octanol–water partition coefficient (Wildman–Crippen LogP) is 5.65. The maximum Gasteiger partial charge on any atom is 0.0595 e. The van der Waals surface area contributed by atoms with Gasteiger partial charge in [-0.2, -0.15) is 0 Å². The Morgan fingerprint density at radius 1 is 1.26 bits per heavy atom. The van der Waals surface area contributed by atoms with Crippen LogP contribution in [-0.4, -0.2) is 17.5 Å². The van der Waals surface area contributed by atoms with Crippen molar-refractivity contribution in [3.8, 4) is 0 Å². The van der Waals surface area contributed by atoms with E-state index in [-0.39, 0.29) is 0 Å². The van der Waals surface area contributed by atoms with Gasteiger partial charge in [-0.3, -0.25) is 0 Å². The molecular formula is C15H19BrCl2O. The highest BCUT2D eigenvalue weighted by Crippen LogP contribution is 2.26. The standard InChI is InChI=1S/C15H19BrCl2O/c16-12(5-6-13-3-1-2-8-19-13)9-11-4-7-14(17)15(18)10-11/h4,7,10,12-13H,1-3,5-6,8-9H2. The molecule has 0 N–H and O–H groups in total. The molecular weight excluding hydrogens is 347 g/mol. The topological polar surface area (TPSA) is 9.23 Å². The maximum atomic E-state index is 6.03. The van der Waals surface area contributed by atoms with Gasteiger partial charge in [0.1, 0.15) is 0 Å². The van der Waals surface area contributed by atoms with E-state index in [2.05, 4.69) is 15.9 Å². The Morgan fingerprint density at radius 2 is 2.11 bits per heavy atom. The molecule has 0 aliphatic carbocycles. The second-order valence-corrected chi connectivity index (χ2v) is 7.23. The smallest absolute Gasteiger partial charge is 0.0595 e. The van der Waals surface area contributed by atoms with Crippen LogP contribution in [0.4, 0.5) is 0 Å². The van der Waals surface area contributed by atoms with Crippen LogP contribution in [0.2, 0.25) is 10.0 Å². The monoisotopic (exact) mass is 364 g/mol. The van der Waals surface area contributed by atoms with Gasteiger partial charge in [-0.25, -0.2) is 0 Å². The molecule has 106 valence electrons. The molecule has 2 unspecified atom stereocenters. The number of hydrogen-bond donors (Lipinski definition) is 0. The van der Waals surface area contributed by atoms with E-state index in [1.807, 2.05) is 18.2 Å². The highest BCUT2D eigenvalue weighted by Gasteiger charge is 2.16. The lowest BCUT2D eigenvalue weighted by Crippen LogP contribution is -2.20. The van der Waals surface area contributed by atoms with Crippen LogP contribution in [0.25, 0.3) is 0 Å². The van der Waals surface area contributed by atoms with E-state index >= 15 is 0 Å². The molecule has 0 spiro atoms. The molecule has 0 bridgehead atoms. The average molecular weight is 366 g/mol. The maximum absolute atomic E-state index is 6.03. The van der Waals surface area contributed by atoms with Gasteiger partial charge in [0.05, 0.1) is 16.1 Å². The molecule has 2 atom stereocenters. The normalized spacial score (nSPS) is 21.3. The molecule has 1 aliphatic heterocycles. The first kappa shape index (κ1) is 15.6. The van der Waals surface area contributed by atoms with Gasteiger partial charge in [0.25, 0.3) is 0 Å². The van der Waals surface area contributed by atoms with Crippen molar-refractivity contribution in [1.29, 1.82) is 0 Å². The van der Waals surface area contributed by atoms with Crippen molar-refractivity contribution in [2.75, 3.05) is 6.61 Å². The van der Waals surface area contributed by atoms with Gasteiger partial charge in [-0.15, -0.1) is 0 Å². The van der Waals surface area contributed by atoms with Crippen molar-refractivity contribution in [1.82, 2.24) is 0 Å². The Balaban J connectivity index is 1.76. The van der Waals surface area contributed by atoms with Crippen LogP contribution in [0.5, 0.6) is 0 Å². The van der Waals surface area contributed by atoms with Crippen LogP contribution < -0.4 is 0 Å². The summed E-state index contributed by atoms with van der Waals surface area (Å²) >= 11 is 15.7. The molecule has 1 heterocycles. The second-order valence-electron chi connectivity index (χ2n) is 5.12. The molecule has 1 aromatic rings. The molecule has 0 radical (unpaired) electrons. The van der Waals surface area contributed by atoms with Gasteiger partial charge in [0.15, 0.2) is 0 Å². The summed E-state index contributed by atoms with van der Waals surface area (Å²) in [7, 11) is 0. The van der Waals surface area contributed by atoms with Crippen molar-refractivity contribution in [2.24, 2.45) is 0 Å². The SMILES string of the molecule is Clc1ccc(CC(Br)CCC2CCCCO2)cc1Cl. The van der Waals surface area contributed by atoms with Crippen LogP contribution in [-0.2, 0) is 11.2 Å². The average Bonchev–Trinajstić information content (AvgIpc) is 2.42. The fourth-order valence-corrected chi connectivity index (χ4v) is 3.39. The van der Waals surface area contributed by atoms with Crippen LogP contribution in [0.1, 0.15) is 37.7 Å². The van der Waals surface area contributed by atoms with Crippen LogP contribution in [0.3, 0.4) is 0 Å². The third kappa shape index (κ3) is 5.26. The van der Waals surface area contributed by atoms with Crippen molar-refractivity contribution in [3.05, 3.63) is 33.8 Å². The lowest BCUT2D eigenvalue weighted by atomic mass is 10.0. The molecule has 2 rings (SSSR count). The lowest BCUT2D eigenvalue weighted by molar-refractivity contribution is 0.0102. The zero-order chi connectivity index (χ0) is 13.7. The van der Waals surface area contributed by atoms with E-state index in [0.717, 1.165) is 25.9 Å². The summed E-state index contributed by atoms with van der Waals surface area (Å²) in [6, 6.07) is 5.86. The number of halogens is 3. The minimum absolute atomic E-state index is 0.461. The lowest BCUT2D eigenvalue weighted by Gasteiger charge is -2.23. The number of ether oxygens (including phenoxy) is 1. The van der Waals surface area contributed by atoms with Gasteiger partial charge in [0.2, 0.25) is 0 Å². The van der Waals surface area contributed by atoms with Crippen molar-refractivity contribution in [2.45, 2.75) is 49.5 Å². The first-order chi connectivity index (χ1) is 9.15. The summed E-state index contributed by atoms with van der Waals surface area (Å²) in [6.45, 7) is 0.935. The fraction of sp³-hybridized carbons (Fsp3) is 0.600. The summed E-state index contributed by atoms with van der Waals surface area (Å²) in [6.07, 6.45) is 7.45. The van der Waals surface area contributed by atoms with Crippen LogP contribution in [0, 0.1) is 0 Å². The van der Waals surface area contributed by atoms with Gasteiger partial charge in [-0.1, -0.05) is 45.2 Å². The molecule has 1 saturated heterocycles. The molecule has 1 nitrogen and oxygen atoms in total. The number of alkyl halides is 1. The molecule has 1 fully saturated rings. The third-order valence-electron chi connectivity index (χ3n) is 3.52. The molecule has 19 heavy (non-hydrogen) atoms. The van der Waals surface area contributed by atoms with Crippen molar-refractivity contribution in [3.63, 3.8) is 0 Å². The molecule has 0 amide bonds. The zero-order valence-electron chi connectivity index (χ0n) is 10.9. The Bertz CT molecular complexity index is 405. The quantitative estimate of drug-likeness (QED) is 0.612. The van der Waals surface area contributed by atoms with Gasteiger partial charge < -0.3 is 4.74 Å². The predicted molar refractivity (Wildman–Crippen MR) is 85.7 cm³/mol. The molecule has 0 aromatic heterocycles. The molecule has 0 saturated carbocycles. The minimum atomic E-state index is 0.461. The Morgan fingerprint density at radius 3 is 2.79 bits per heavy atom. The van der Waals surface area contributed by atoms with E-state index in [1.165, 1.54) is 24.8 Å². The van der Waals surface area contributed by atoms with Gasteiger partial charge in [0, 0.05) is 11.4 Å². The largest absolute Gasteiger partial charge is 0.378 e. The van der Waals surface area contributed by atoms with E-state index in [1.54, 1.807) is 0 Å². The number of benzene rings is 1. The van der Waals surface area contributed by atoms with Crippen molar-refractivity contribution < 1.29 is 4.74 Å². The number of rotatable bonds is 5. The van der Waals surface area contributed by atoms with Crippen LogP contribution >= 0.6 is 39.1 Å². The van der Waals surface area contributed by atoms with Gasteiger partial charge in [-0.05, 0) is 56.2 Å². The van der Waals surface area contributed by atoms with Crippen LogP contribution in [0.15, 0.2) is 18.2 Å². The summed E-state index contributed by atoms with van der Waals surface area (Å²) in [5, 5.41) is 1.25. The van der Waals surface area contributed by atoms with E-state index in [0.29, 0.717) is 21.0 Å². The first-order valence-corrected chi connectivity index (χ1v) is 8.52. The van der Waals surface area contributed by atoms with Gasteiger partial charge >= 0.3 is 0 Å². The third-order valence-corrected chi connectivity index (χ3v) is 5.04. The molecule has 1 aliphatic rings. The van der Waals surface area contributed by atoms with Crippen molar-refractivity contribution >= 4 is 39.1 Å². The molecule has 4 heteroatoms. The molecule has 1 aromatic carbocycles. The zero-order valence-corrected chi connectivity index (χ0v) is 14.0. The van der Waals surface area contributed by atoms with E-state index in [9.17, 15) is 0 Å². The first-order valence-electron chi connectivity index (χ1n) is 6.85. The minimum Gasteiger partial charge on any atom is -0.378 e. The summed E-state index contributed by atoms with van der Waals surface area (Å²) < 4.78 is 5.75. The Kier molecular flexibility index (Phi) is 6.48. The Labute approximate surface area is 133 Å². The summed E-state index contributed by atoms with van der Waals surface area (Å²) in [5.41, 5.74) is 1.22. The fourth-order valence-electron chi connectivity index (χ4n) is 2.43. The highest BCUT2D eigenvalue weighted by atomic mass is 79.9. The highest BCUT2D eigenvalue weighted by molar-refractivity contribution is 9.09. The number of hydrogen-bond acceptors (Lipinski definition) is 1. The Hall–Kier alpha value is 0.240. The van der Waals surface area contributed by atoms with E-state index in [4.69, 9.17) is 27.9 Å². The summed E-state index contributed by atoms with van der Waals surface area (Å²) in [4.78, 5) is 0.468.